The van der Waals surface area contributed by atoms with Gasteiger partial charge < -0.3 is 9.64 Å². The van der Waals surface area contributed by atoms with E-state index in [1.165, 1.54) is 11.3 Å². The molecule has 0 saturated carbocycles. The zero-order chi connectivity index (χ0) is 21.7. The van der Waals surface area contributed by atoms with Gasteiger partial charge in [0.1, 0.15) is 16.5 Å². The van der Waals surface area contributed by atoms with E-state index in [1.807, 2.05) is 24.0 Å². The molecule has 1 aromatic heterocycles. The number of thiazole rings is 1. The van der Waals surface area contributed by atoms with Crippen LogP contribution in [0.4, 0.5) is 13.2 Å². The third-order valence-electron chi connectivity index (χ3n) is 4.77. The first-order valence-corrected chi connectivity index (χ1v) is 10.8. The van der Waals surface area contributed by atoms with Crippen LogP contribution in [0.15, 0.2) is 24.3 Å². The van der Waals surface area contributed by atoms with Gasteiger partial charge in [-0.2, -0.15) is 13.2 Å². The van der Waals surface area contributed by atoms with Gasteiger partial charge in [-0.15, -0.1) is 11.3 Å². The summed E-state index contributed by atoms with van der Waals surface area (Å²) in [6.45, 7) is 3.89. The third-order valence-corrected chi connectivity index (χ3v) is 6.22. The molecule has 0 atom stereocenters. The van der Waals surface area contributed by atoms with Gasteiger partial charge in [0.05, 0.1) is 5.69 Å². The first kappa shape index (κ1) is 23.0. The fraction of sp³-hybridized carbons (Fsp3) is 0.500. The van der Waals surface area contributed by atoms with E-state index in [0.717, 1.165) is 10.6 Å². The van der Waals surface area contributed by atoms with Gasteiger partial charge in [-0.3, -0.25) is 9.69 Å². The van der Waals surface area contributed by atoms with Crippen molar-refractivity contribution in [2.24, 2.45) is 0 Å². The topological polar surface area (TPSA) is 45.7 Å². The molecule has 2 aromatic rings. The number of benzene rings is 1. The lowest BCUT2D eigenvalue weighted by Gasteiger charge is -2.34. The Hall–Kier alpha value is -1.68. The van der Waals surface area contributed by atoms with Gasteiger partial charge in [0, 0.05) is 49.9 Å². The average Bonchev–Trinajstić information content (AvgIpc) is 3.09. The Balaban J connectivity index is 1.48. The van der Waals surface area contributed by atoms with E-state index in [4.69, 9.17) is 11.6 Å². The molecule has 1 aliphatic rings. The Morgan fingerprint density at radius 2 is 1.87 bits per heavy atom. The van der Waals surface area contributed by atoms with Crippen LogP contribution in [-0.4, -0.2) is 72.8 Å². The molecular weight excluding hydrogens is 439 g/mol. The summed E-state index contributed by atoms with van der Waals surface area (Å²) < 4.78 is 40.8. The van der Waals surface area contributed by atoms with E-state index >= 15 is 0 Å². The summed E-state index contributed by atoms with van der Waals surface area (Å²) in [5.74, 6) is -0.0293. The fourth-order valence-corrected chi connectivity index (χ4v) is 4.37. The number of carbonyl (C=O) groups excluding carboxylic acids is 1. The first-order valence-electron chi connectivity index (χ1n) is 9.62. The Morgan fingerprint density at radius 1 is 1.20 bits per heavy atom. The van der Waals surface area contributed by atoms with Crippen molar-refractivity contribution in [1.29, 1.82) is 0 Å². The van der Waals surface area contributed by atoms with Gasteiger partial charge in [0.15, 0.2) is 0 Å². The maximum Gasteiger partial charge on any atom is 0.411 e. The van der Waals surface area contributed by atoms with E-state index < -0.39 is 12.8 Å². The van der Waals surface area contributed by atoms with Crippen LogP contribution in [0.25, 0.3) is 10.6 Å². The normalized spacial score (nSPS) is 15.6. The molecule has 30 heavy (non-hydrogen) atoms. The van der Waals surface area contributed by atoms with Crippen molar-refractivity contribution in [2.45, 2.75) is 19.5 Å². The van der Waals surface area contributed by atoms with Crippen LogP contribution in [0.5, 0.6) is 0 Å². The number of hydrogen-bond donors (Lipinski definition) is 0. The van der Waals surface area contributed by atoms with E-state index in [2.05, 4.69) is 14.6 Å². The van der Waals surface area contributed by atoms with Gasteiger partial charge in [-0.05, 0) is 25.5 Å². The molecule has 164 valence electrons. The zero-order valence-corrected chi connectivity index (χ0v) is 18.1. The monoisotopic (exact) mass is 461 g/mol. The maximum atomic E-state index is 12.9. The molecule has 1 aliphatic heterocycles. The van der Waals surface area contributed by atoms with Crippen LogP contribution in [0.3, 0.4) is 0 Å². The molecule has 1 amide bonds. The summed E-state index contributed by atoms with van der Waals surface area (Å²) in [5.41, 5.74) is 1.63. The Bertz CT molecular complexity index is 850. The van der Waals surface area contributed by atoms with Crippen molar-refractivity contribution in [3.63, 3.8) is 0 Å². The van der Waals surface area contributed by atoms with Crippen molar-refractivity contribution < 1.29 is 22.7 Å². The fourth-order valence-electron chi connectivity index (χ4n) is 3.21. The van der Waals surface area contributed by atoms with E-state index in [9.17, 15) is 18.0 Å². The van der Waals surface area contributed by atoms with Crippen LogP contribution < -0.4 is 0 Å². The number of amides is 1. The molecule has 0 radical (unpaired) electrons. The number of rotatable bonds is 7. The van der Waals surface area contributed by atoms with Crippen LogP contribution in [-0.2, 0) is 4.74 Å². The minimum Gasteiger partial charge on any atom is -0.372 e. The maximum absolute atomic E-state index is 12.9. The van der Waals surface area contributed by atoms with Crippen LogP contribution in [0.2, 0.25) is 5.02 Å². The van der Waals surface area contributed by atoms with Gasteiger partial charge in [-0.25, -0.2) is 4.98 Å². The largest absolute Gasteiger partial charge is 0.411 e. The lowest BCUT2D eigenvalue weighted by Crippen LogP contribution is -2.48. The van der Waals surface area contributed by atoms with Gasteiger partial charge in [-0.1, -0.05) is 23.7 Å². The van der Waals surface area contributed by atoms with E-state index in [-0.39, 0.29) is 12.5 Å². The highest BCUT2D eigenvalue weighted by Crippen LogP contribution is 2.30. The second-order valence-electron chi connectivity index (χ2n) is 7.10. The quantitative estimate of drug-likeness (QED) is 0.570. The van der Waals surface area contributed by atoms with Crippen molar-refractivity contribution in [2.75, 3.05) is 45.9 Å². The summed E-state index contributed by atoms with van der Waals surface area (Å²) in [5, 5.41) is 1.43. The second-order valence-corrected chi connectivity index (χ2v) is 8.53. The van der Waals surface area contributed by atoms with Crippen LogP contribution in [0.1, 0.15) is 21.8 Å². The summed E-state index contributed by atoms with van der Waals surface area (Å²) in [7, 11) is 0. The van der Waals surface area contributed by atoms with Gasteiger partial charge in [0.2, 0.25) is 0 Å². The van der Waals surface area contributed by atoms with E-state index in [0.29, 0.717) is 54.7 Å². The minimum atomic E-state index is -4.28. The van der Waals surface area contributed by atoms with Crippen molar-refractivity contribution in [3.8, 4) is 10.6 Å². The number of halogens is 4. The number of nitrogens with zero attached hydrogens (tertiary/aromatic N) is 3. The summed E-state index contributed by atoms with van der Waals surface area (Å²) in [4.78, 5) is 22.1. The predicted molar refractivity (Wildman–Crippen MR) is 111 cm³/mol. The predicted octanol–water partition coefficient (Wildman–Crippen LogP) is 4.50. The summed E-state index contributed by atoms with van der Waals surface area (Å²) >= 11 is 7.31. The third kappa shape index (κ3) is 6.41. The molecule has 0 N–H and O–H groups in total. The molecule has 0 unspecified atom stereocenters. The smallest absolute Gasteiger partial charge is 0.372 e. The highest BCUT2D eigenvalue weighted by molar-refractivity contribution is 7.17. The second kappa shape index (κ2) is 10.1. The number of aryl methyl sites for hydroxylation is 1. The SMILES string of the molecule is Cc1nc(-c2ccc(Cl)cc2)sc1C(=O)N1CCN(CCCOCC(F)(F)F)CC1. The van der Waals surface area contributed by atoms with Gasteiger partial charge in [0.25, 0.3) is 5.91 Å². The van der Waals surface area contributed by atoms with Crippen LogP contribution >= 0.6 is 22.9 Å². The molecule has 0 aliphatic carbocycles. The number of alkyl halides is 3. The van der Waals surface area contributed by atoms with Crippen LogP contribution in [0, 0.1) is 6.92 Å². The van der Waals surface area contributed by atoms with Gasteiger partial charge >= 0.3 is 6.18 Å². The Kier molecular flexibility index (Phi) is 7.73. The Morgan fingerprint density at radius 3 is 2.50 bits per heavy atom. The lowest BCUT2D eigenvalue weighted by atomic mass is 10.2. The molecule has 10 heteroatoms. The number of carbonyl (C=O) groups is 1. The minimum absolute atomic E-state index is 0.0293. The highest BCUT2D eigenvalue weighted by atomic mass is 35.5. The average molecular weight is 462 g/mol. The first-order chi connectivity index (χ1) is 14.2. The molecular formula is C20H23ClF3N3O2S. The van der Waals surface area contributed by atoms with E-state index in [1.54, 1.807) is 12.1 Å². The molecule has 1 fully saturated rings. The molecule has 3 rings (SSSR count). The van der Waals surface area contributed by atoms with Crippen molar-refractivity contribution in [3.05, 3.63) is 39.9 Å². The number of piperazine rings is 1. The molecule has 1 saturated heterocycles. The number of hydrogen-bond acceptors (Lipinski definition) is 5. The Labute approximate surface area is 182 Å². The standard InChI is InChI=1S/C20H23ClF3N3O2S/c1-14-17(30-18(25-14)15-3-5-16(21)6-4-15)19(28)27-10-8-26(9-11-27)7-2-12-29-13-20(22,23)24/h3-6H,2,7-13H2,1H3. The van der Waals surface area contributed by atoms with Crippen molar-refractivity contribution >= 4 is 28.8 Å². The molecule has 0 spiro atoms. The van der Waals surface area contributed by atoms with Crippen molar-refractivity contribution in [1.82, 2.24) is 14.8 Å². The molecule has 0 bridgehead atoms. The number of ether oxygens (including phenoxy) is 1. The highest BCUT2D eigenvalue weighted by Gasteiger charge is 2.28. The molecule has 1 aromatic carbocycles. The summed E-state index contributed by atoms with van der Waals surface area (Å²) in [6, 6.07) is 7.35. The molecule has 2 heterocycles. The number of aromatic nitrogens is 1. The summed E-state index contributed by atoms with van der Waals surface area (Å²) in [6.07, 6.45) is -3.75. The molecule has 5 nitrogen and oxygen atoms in total. The zero-order valence-electron chi connectivity index (χ0n) is 16.5. The lowest BCUT2D eigenvalue weighted by molar-refractivity contribution is -0.174.